The summed E-state index contributed by atoms with van der Waals surface area (Å²) < 4.78 is 0. The first-order chi connectivity index (χ1) is 5.84. The molecule has 0 amide bonds. The van der Waals surface area contributed by atoms with Crippen molar-refractivity contribution >= 4 is 7.85 Å². The van der Waals surface area contributed by atoms with Gasteiger partial charge in [-0.25, -0.2) is 0 Å². The van der Waals surface area contributed by atoms with Gasteiger partial charge in [-0.05, 0) is 13.0 Å². The summed E-state index contributed by atoms with van der Waals surface area (Å²) in [5.74, 6) is 0.148. The van der Waals surface area contributed by atoms with Crippen LogP contribution in [-0.2, 0) is 0 Å². The van der Waals surface area contributed by atoms with Crippen molar-refractivity contribution in [2.24, 2.45) is 5.73 Å². The molecule has 0 aliphatic carbocycles. The highest BCUT2D eigenvalue weighted by Gasteiger charge is 2.02. The maximum absolute atomic E-state index is 5.93. The van der Waals surface area contributed by atoms with E-state index < -0.39 is 0 Å². The highest BCUT2D eigenvalue weighted by Crippen LogP contribution is 2.16. The lowest BCUT2D eigenvalue weighted by Crippen LogP contribution is -2.03. The predicted molar refractivity (Wildman–Crippen MR) is 53.2 cm³/mol. The topological polar surface area (TPSA) is 26.0 Å². The van der Waals surface area contributed by atoms with Crippen LogP contribution in [0.15, 0.2) is 30.3 Å². The Morgan fingerprint density at radius 3 is 2.50 bits per heavy atom. The molecule has 2 heteroatoms. The second kappa shape index (κ2) is 4.99. The molecule has 12 heavy (non-hydrogen) atoms. The Kier molecular flexibility index (Phi) is 3.88. The molecule has 2 N–H and O–H groups in total. The van der Waals surface area contributed by atoms with Crippen molar-refractivity contribution in [1.29, 1.82) is 0 Å². The molecule has 0 saturated heterocycles. The van der Waals surface area contributed by atoms with Gasteiger partial charge < -0.3 is 5.73 Å². The predicted octanol–water partition coefficient (Wildman–Crippen LogP) is 1.64. The van der Waals surface area contributed by atoms with Crippen molar-refractivity contribution in [2.75, 3.05) is 6.54 Å². The van der Waals surface area contributed by atoms with Gasteiger partial charge in [0.25, 0.3) is 0 Å². The summed E-state index contributed by atoms with van der Waals surface area (Å²) in [6.45, 7) is 0.723. The molecule has 0 heterocycles. The molecule has 0 aromatic heterocycles. The third kappa shape index (κ3) is 2.70. The minimum absolute atomic E-state index is 0.148. The van der Waals surface area contributed by atoms with E-state index in [1.807, 2.05) is 18.2 Å². The van der Waals surface area contributed by atoms with Gasteiger partial charge in [-0.15, -0.1) is 0 Å². The van der Waals surface area contributed by atoms with Gasteiger partial charge in [0.15, 0.2) is 0 Å². The molecular weight excluding hydrogens is 145 g/mol. The summed E-state index contributed by atoms with van der Waals surface area (Å²) in [7, 11) is 5.93. The number of hydrogen-bond acceptors (Lipinski definition) is 1. The van der Waals surface area contributed by atoms with Crippen molar-refractivity contribution in [3.8, 4) is 0 Å². The molecule has 1 rings (SSSR count). The fourth-order valence-corrected chi connectivity index (χ4v) is 1.20. The lowest BCUT2D eigenvalue weighted by Gasteiger charge is -2.10. The fourth-order valence-electron chi connectivity index (χ4n) is 1.20. The highest BCUT2D eigenvalue weighted by atomic mass is 14.5. The van der Waals surface area contributed by atoms with E-state index in [0.29, 0.717) is 0 Å². The molecule has 1 aromatic rings. The van der Waals surface area contributed by atoms with Crippen LogP contribution in [-0.4, -0.2) is 14.4 Å². The number of nitrogens with two attached hydrogens (primary N) is 1. The molecular formula is C10H14BN. The van der Waals surface area contributed by atoms with Gasteiger partial charge in [-0.3, -0.25) is 0 Å². The number of hydrogen-bond donors (Lipinski definition) is 1. The van der Waals surface area contributed by atoms with E-state index in [2.05, 4.69) is 12.1 Å². The SMILES string of the molecule is [B][C@@H](CCCN)c1ccccc1. The molecule has 62 valence electrons. The monoisotopic (exact) mass is 159 g/mol. The first-order valence-corrected chi connectivity index (χ1v) is 4.35. The van der Waals surface area contributed by atoms with Gasteiger partial charge in [0.1, 0.15) is 0 Å². The zero-order valence-corrected chi connectivity index (χ0v) is 7.24. The molecule has 2 radical (unpaired) electrons. The lowest BCUT2D eigenvalue weighted by molar-refractivity contribution is 0.725. The Bertz CT molecular complexity index is 210. The summed E-state index contributed by atoms with van der Waals surface area (Å²) >= 11 is 0. The van der Waals surface area contributed by atoms with Crippen LogP contribution in [0.25, 0.3) is 0 Å². The van der Waals surface area contributed by atoms with Crippen molar-refractivity contribution in [1.82, 2.24) is 0 Å². The third-order valence-corrected chi connectivity index (χ3v) is 1.95. The maximum atomic E-state index is 5.93. The van der Waals surface area contributed by atoms with Crippen LogP contribution in [0.1, 0.15) is 24.2 Å². The van der Waals surface area contributed by atoms with Gasteiger partial charge in [-0.2, -0.15) is 0 Å². The lowest BCUT2D eigenvalue weighted by atomic mass is 9.78. The Morgan fingerprint density at radius 2 is 1.92 bits per heavy atom. The fraction of sp³-hybridized carbons (Fsp3) is 0.400. The van der Waals surface area contributed by atoms with Crippen molar-refractivity contribution in [3.63, 3.8) is 0 Å². The van der Waals surface area contributed by atoms with E-state index in [9.17, 15) is 0 Å². The molecule has 0 aliphatic heterocycles. The summed E-state index contributed by atoms with van der Waals surface area (Å²) in [4.78, 5) is 0. The van der Waals surface area contributed by atoms with Crippen LogP contribution in [0, 0.1) is 0 Å². The normalized spacial score (nSPS) is 12.8. The van der Waals surface area contributed by atoms with E-state index in [1.54, 1.807) is 0 Å². The summed E-state index contributed by atoms with van der Waals surface area (Å²) in [6, 6.07) is 10.1. The summed E-state index contributed by atoms with van der Waals surface area (Å²) in [5.41, 5.74) is 6.60. The summed E-state index contributed by atoms with van der Waals surface area (Å²) in [6.07, 6.45) is 1.97. The Balaban J connectivity index is 2.48. The van der Waals surface area contributed by atoms with Crippen molar-refractivity contribution in [2.45, 2.75) is 18.7 Å². The van der Waals surface area contributed by atoms with Gasteiger partial charge in [0, 0.05) is 0 Å². The zero-order valence-electron chi connectivity index (χ0n) is 7.24. The molecule has 0 bridgehead atoms. The second-order valence-corrected chi connectivity index (χ2v) is 2.95. The van der Waals surface area contributed by atoms with E-state index in [1.165, 1.54) is 5.56 Å². The number of benzene rings is 1. The quantitative estimate of drug-likeness (QED) is 0.664. The maximum Gasteiger partial charge on any atom is 0.0763 e. The van der Waals surface area contributed by atoms with Gasteiger partial charge in [-0.1, -0.05) is 48.1 Å². The third-order valence-electron chi connectivity index (χ3n) is 1.95. The Morgan fingerprint density at radius 1 is 1.25 bits per heavy atom. The van der Waals surface area contributed by atoms with Crippen LogP contribution in [0.3, 0.4) is 0 Å². The minimum atomic E-state index is 0.148. The van der Waals surface area contributed by atoms with Crippen LogP contribution < -0.4 is 5.73 Å². The standard InChI is InChI=1S/C10H14BN/c11-10(7-4-8-12)9-5-2-1-3-6-9/h1-3,5-6,10H,4,7-8,12H2/t10-/m0/s1. The molecule has 0 unspecified atom stereocenters. The van der Waals surface area contributed by atoms with E-state index in [0.717, 1.165) is 19.4 Å². The van der Waals surface area contributed by atoms with E-state index in [-0.39, 0.29) is 5.82 Å². The average Bonchev–Trinajstić information content (AvgIpc) is 2.15. The first-order valence-electron chi connectivity index (χ1n) is 4.35. The van der Waals surface area contributed by atoms with Crippen molar-refractivity contribution in [3.05, 3.63) is 35.9 Å². The van der Waals surface area contributed by atoms with Gasteiger partial charge in [0.05, 0.1) is 7.85 Å². The molecule has 1 atom stereocenters. The minimum Gasteiger partial charge on any atom is -0.330 e. The smallest absolute Gasteiger partial charge is 0.0763 e. The Labute approximate surface area is 75.4 Å². The van der Waals surface area contributed by atoms with E-state index in [4.69, 9.17) is 13.6 Å². The van der Waals surface area contributed by atoms with Crippen molar-refractivity contribution < 1.29 is 0 Å². The number of rotatable bonds is 4. The molecule has 0 aliphatic rings. The average molecular weight is 159 g/mol. The second-order valence-electron chi connectivity index (χ2n) is 2.95. The largest absolute Gasteiger partial charge is 0.330 e. The van der Waals surface area contributed by atoms with E-state index >= 15 is 0 Å². The van der Waals surface area contributed by atoms with Crippen LogP contribution in [0.2, 0.25) is 0 Å². The first kappa shape index (κ1) is 9.33. The van der Waals surface area contributed by atoms with Crippen LogP contribution in [0.5, 0.6) is 0 Å². The molecule has 0 saturated carbocycles. The molecule has 0 spiro atoms. The molecule has 1 aromatic carbocycles. The zero-order chi connectivity index (χ0) is 8.81. The van der Waals surface area contributed by atoms with Gasteiger partial charge >= 0.3 is 0 Å². The molecule has 0 fully saturated rings. The van der Waals surface area contributed by atoms with Gasteiger partial charge in [0.2, 0.25) is 0 Å². The summed E-state index contributed by atoms with van der Waals surface area (Å²) in [5, 5.41) is 0. The van der Waals surface area contributed by atoms with Crippen LogP contribution in [0.4, 0.5) is 0 Å². The highest BCUT2D eigenvalue weighted by molar-refractivity contribution is 6.12. The Hall–Kier alpha value is -0.755. The van der Waals surface area contributed by atoms with Crippen LogP contribution >= 0.6 is 0 Å². The molecule has 1 nitrogen and oxygen atoms in total.